The molecule has 1 aromatic carbocycles. The van der Waals surface area contributed by atoms with Crippen LogP contribution in [0.1, 0.15) is 20.8 Å². The Balaban J connectivity index is 2.68. The first-order valence-corrected chi connectivity index (χ1v) is 5.92. The third-order valence-corrected chi connectivity index (χ3v) is 3.15. The smallest absolute Gasteiger partial charge is 0.166 e. The Kier molecular flexibility index (Phi) is 4.33. The van der Waals surface area contributed by atoms with Gasteiger partial charge in [0.1, 0.15) is 6.61 Å². The maximum atomic E-state index is 13.4. The van der Waals surface area contributed by atoms with Crippen molar-refractivity contribution in [2.75, 3.05) is 6.61 Å². The summed E-state index contributed by atoms with van der Waals surface area (Å²) in [5.74, 6) is -0.232. The summed E-state index contributed by atoms with van der Waals surface area (Å²) in [6.45, 7) is 5.53. The van der Waals surface area contributed by atoms with E-state index in [0.29, 0.717) is 4.47 Å². The summed E-state index contributed by atoms with van der Waals surface area (Å²) in [7, 11) is 0. The largest absolute Gasteiger partial charge is 0.488 e. The van der Waals surface area contributed by atoms with Crippen molar-refractivity contribution in [1.82, 2.24) is 0 Å². The lowest BCUT2D eigenvalue weighted by Crippen LogP contribution is -2.37. The van der Waals surface area contributed by atoms with E-state index in [9.17, 15) is 9.50 Å². The molecule has 1 unspecified atom stereocenters. The summed E-state index contributed by atoms with van der Waals surface area (Å²) in [4.78, 5) is 0. The van der Waals surface area contributed by atoms with Crippen molar-refractivity contribution in [3.05, 3.63) is 28.5 Å². The Bertz CT molecular complexity index is 364. The van der Waals surface area contributed by atoms with E-state index in [1.807, 2.05) is 13.8 Å². The summed E-state index contributed by atoms with van der Waals surface area (Å²) in [5, 5.41) is 9.94. The number of aliphatic hydroxyl groups is 1. The van der Waals surface area contributed by atoms with Crippen LogP contribution in [0.25, 0.3) is 0 Å². The van der Waals surface area contributed by atoms with E-state index in [-0.39, 0.29) is 18.3 Å². The zero-order valence-electron chi connectivity index (χ0n) is 9.63. The van der Waals surface area contributed by atoms with Crippen LogP contribution in [0.2, 0.25) is 0 Å². The molecule has 0 spiro atoms. The van der Waals surface area contributed by atoms with Gasteiger partial charge in [0.2, 0.25) is 0 Å². The molecule has 0 amide bonds. The first-order chi connectivity index (χ1) is 7.33. The average Bonchev–Trinajstić information content (AvgIpc) is 2.16. The van der Waals surface area contributed by atoms with Crippen LogP contribution in [-0.2, 0) is 0 Å². The lowest BCUT2D eigenvalue weighted by atomic mass is 9.94. The number of hydrogen-bond acceptors (Lipinski definition) is 2. The summed E-state index contributed by atoms with van der Waals surface area (Å²) >= 11 is 3.17. The molecule has 16 heavy (non-hydrogen) atoms. The van der Waals surface area contributed by atoms with Crippen molar-refractivity contribution in [2.45, 2.75) is 26.4 Å². The van der Waals surface area contributed by atoms with Crippen LogP contribution < -0.4 is 4.74 Å². The third kappa shape index (κ3) is 3.46. The van der Waals surface area contributed by atoms with E-state index in [1.54, 1.807) is 13.0 Å². The fraction of sp³-hybridized carbons (Fsp3) is 0.500. The first-order valence-electron chi connectivity index (χ1n) is 5.13. The molecule has 0 saturated heterocycles. The molecule has 0 aliphatic heterocycles. The molecule has 0 heterocycles. The third-order valence-electron chi connectivity index (χ3n) is 2.66. The van der Waals surface area contributed by atoms with Crippen molar-refractivity contribution in [3.8, 4) is 5.75 Å². The Morgan fingerprint density at radius 1 is 1.50 bits per heavy atom. The highest BCUT2D eigenvalue weighted by Gasteiger charge is 2.26. The molecule has 1 rings (SSSR count). The first kappa shape index (κ1) is 13.5. The zero-order chi connectivity index (χ0) is 12.3. The molecule has 0 aliphatic rings. The Morgan fingerprint density at radius 2 is 2.12 bits per heavy atom. The minimum atomic E-state index is -0.959. The highest BCUT2D eigenvalue weighted by Crippen LogP contribution is 2.24. The normalized spacial score (nSPS) is 14.9. The van der Waals surface area contributed by atoms with Crippen LogP contribution in [-0.4, -0.2) is 17.3 Å². The second-order valence-corrected chi connectivity index (χ2v) is 5.29. The molecule has 1 atom stereocenters. The van der Waals surface area contributed by atoms with E-state index < -0.39 is 11.4 Å². The van der Waals surface area contributed by atoms with Gasteiger partial charge in [0, 0.05) is 4.47 Å². The molecular formula is C12H16BrFO2. The number of hydrogen-bond donors (Lipinski definition) is 1. The predicted octanol–water partition coefficient (Wildman–Crippen LogP) is 3.37. The van der Waals surface area contributed by atoms with Crippen molar-refractivity contribution < 1.29 is 14.2 Å². The SMILES string of the molecule is CC(C)C(C)(O)COc1ccc(Br)cc1F. The van der Waals surface area contributed by atoms with Gasteiger partial charge in [0.25, 0.3) is 0 Å². The van der Waals surface area contributed by atoms with Crippen LogP contribution in [0.3, 0.4) is 0 Å². The van der Waals surface area contributed by atoms with Gasteiger partial charge >= 0.3 is 0 Å². The lowest BCUT2D eigenvalue weighted by molar-refractivity contribution is -0.0275. The fourth-order valence-electron chi connectivity index (χ4n) is 0.983. The molecule has 1 N–H and O–H groups in total. The van der Waals surface area contributed by atoms with Crippen LogP contribution in [0.15, 0.2) is 22.7 Å². The Labute approximate surface area is 104 Å². The topological polar surface area (TPSA) is 29.5 Å². The Morgan fingerprint density at radius 3 is 2.62 bits per heavy atom. The van der Waals surface area contributed by atoms with Gasteiger partial charge in [0.15, 0.2) is 11.6 Å². The van der Waals surface area contributed by atoms with E-state index >= 15 is 0 Å². The van der Waals surface area contributed by atoms with E-state index in [2.05, 4.69) is 15.9 Å². The summed E-state index contributed by atoms with van der Waals surface area (Å²) in [6, 6.07) is 4.57. The van der Waals surface area contributed by atoms with E-state index in [0.717, 1.165) is 0 Å². The van der Waals surface area contributed by atoms with Gasteiger partial charge < -0.3 is 9.84 Å². The van der Waals surface area contributed by atoms with Crippen molar-refractivity contribution in [1.29, 1.82) is 0 Å². The Hall–Kier alpha value is -0.610. The highest BCUT2D eigenvalue weighted by molar-refractivity contribution is 9.10. The standard InChI is InChI=1S/C12H16BrFO2/c1-8(2)12(3,15)7-16-11-5-4-9(13)6-10(11)14/h4-6,8,15H,7H2,1-3H3. The van der Waals surface area contributed by atoms with Crippen molar-refractivity contribution >= 4 is 15.9 Å². The quantitative estimate of drug-likeness (QED) is 0.921. The van der Waals surface area contributed by atoms with Crippen molar-refractivity contribution in [3.63, 3.8) is 0 Å². The molecule has 0 saturated carbocycles. The van der Waals surface area contributed by atoms with Crippen LogP contribution in [0.5, 0.6) is 5.75 Å². The zero-order valence-corrected chi connectivity index (χ0v) is 11.2. The van der Waals surface area contributed by atoms with Gasteiger partial charge in [-0.2, -0.15) is 0 Å². The molecule has 0 fully saturated rings. The van der Waals surface area contributed by atoms with E-state index in [4.69, 9.17) is 4.74 Å². The number of benzene rings is 1. The van der Waals surface area contributed by atoms with E-state index in [1.165, 1.54) is 12.1 Å². The maximum Gasteiger partial charge on any atom is 0.166 e. The number of rotatable bonds is 4. The molecular weight excluding hydrogens is 275 g/mol. The number of ether oxygens (including phenoxy) is 1. The minimum Gasteiger partial charge on any atom is -0.488 e. The van der Waals surface area contributed by atoms with Gasteiger partial charge in [-0.3, -0.25) is 0 Å². The molecule has 0 aromatic heterocycles. The predicted molar refractivity (Wildman–Crippen MR) is 65.1 cm³/mol. The molecule has 0 aliphatic carbocycles. The lowest BCUT2D eigenvalue weighted by Gasteiger charge is -2.27. The second kappa shape index (κ2) is 5.15. The van der Waals surface area contributed by atoms with Crippen LogP contribution in [0.4, 0.5) is 4.39 Å². The number of halogens is 2. The van der Waals surface area contributed by atoms with Gasteiger partial charge in [-0.25, -0.2) is 4.39 Å². The molecule has 1 aromatic rings. The van der Waals surface area contributed by atoms with Gasteiger partial charge in [-0.1, -0.05) is 29.8 Å². The molecule has 0 bridgehead atoms. The van der Waals surface area contributed by atoms with Gasteiger partial charge in [0.05, 0.1) is 5.60 Å². The maximum absolute atomic E-state index is 13.4. The van der Waals surface area contributed by atoms with Gasteiger partial charge in [-0.15, -0.1) is 0 Å². The van der Waals surface area contributed by atoms with Gasteiger partial charge in [-0.05, 0) is 31.0 Å². The monoisotopic (exact) mass is 290 g/mol. The second-order valence-electron chi connectivity index (χ2n) is 4.38. The average molecular weight is 291 g/mol. The highest BCUT2D eigenvalue weighted by atomic mass is 79.9. The molecule has 90 valence electrons. The minimum absolute atomic E-state index is 0.0472. The summed E-state index contributed by atoms with van der Waals surface area (Å²) < 4.78 is 19.3. The molecule has 0 radical (unpaired) electrons. The van der Waals surface area contributed by atoms with Crippen LogP contribution >= 0.6 is 15.9 Å². The van der Waals surface area contributed by atoms with Crippen molar-refractivity contribution in [2.24, 2.45) is 5.92 Å². The molecule has 4 heteroatoms. The summed E-state index contributed by atoms with van der Waals surface area (Å²) in [6.07, 6.45) is 0. The van der Waals surface area contributed by atoms with Crippen LogP contribution in [0, 0.1) is 11.7 Å². The molecule has 2 nitrogen and oxygen atoms in total. The summed E-state index contributed by atoms with van der Waals surface area (Å²) in [5.41, 5.74) is -0.959. The fourth-order valence-corrected chi connectivity index (χ4v) is 1.32.